The van der Waals surface area contributed by atoms with E-state index in [9.17, 15) is 0 Å². The Kier molecular flexibility index (Phi) is 8.91. The molecule has 0 heterocycles. The number of hydrogen-bond acceptors (Lipinski definition) is 0. The van der Waals surface area contributed by atoms with E-state index in [1.165, 1.54) is 0 Å². The molecule has 0 spiro atoms. The maximum Gasteiger partial charge on any atom is 0.115 e. The van der Waals surface area contributed by atoms with Crippen LogP contribution in [0.5, 0.6) is 0 Å². The average Bonchev–Trinajstić information content (AvgIpc) is 3.03. The van der Waals surface area contributed by atoms with Crippen molar-refractivity contribution in [2.75, 3.05) is 0 Å². The van der Waals surface area contributed by atoms with Gasteiger partial charge in [-0.1, -0.05) is 181 Å². The van der Waals surface area contributed by atoms with E-state index in [1.54, 1.807) is 0 Å². The number of benzene rings is 5. The van der Waals surface area contributed by atoms with Crippen molar-refractivity contribution in [3.05, 3.63) is 191 Å². The summed E-state index contributed by atoms with van der Waals surface area (Å²) in [6.45, 7) is 0. The van der Waals surface area contributed by atoms with Gasteiger partial charge in [0.05, 0.1) is 0 Å². The van der Waals surface area contributed by atoms with E-state index in [0.717, 1.165) is 44.5 Å². The van der Waals surface area contributed by atoms with Crippen LogP contribution in [0.1, 0.15) is 33.4 Å². The Bertz CT molecular complexity index is 1520. The first-order valence-corrected chi connectivity index (χ1v) is 13.4. The van der Waals surface area contributed by atoms with E-state index >= 15 is 0 Å². The van der Waals surface area contributed by atoms with Crippen molar-refractivity contribution in [2.24, 2.45) is 0 Å². The number of rotatable bonds is 8. The predicted octanol–water partition coefficient (Wildman–Crippen LogP) is 9.19. The van der Waals surface area contributed by atoms with Gasteiger partial charge in [0.15, 0.2) is 0 Å². The molecule has 0 aliphatic carbocycles. The van der Waals surface area contributed by atoms with Crippen molar-refractivity contribution in [3.63, 3.8) is 0 Å². The molecule has 0 unspecified atom stereocenters. The minimum absolute atomic E-state index is 0.708. The molecule has 0 atom stereocenters. The first kappa shape index (κ1) is 26.8. The van der Waals surface area contributed by atoms with Gasteiger partial charge in [-0.3, -0.25) is 0 Å². The lowest BCUT2D eigenvalue weighted by Crippen LogP contribution is -1.94. The summed E-state index contributed by atoms with van der Waals surface area (Å²) in [6.07, 6.45) is 8.36. The lowest BCUT2D eigenvalue weighted by molar-refractivity contribution is 1.58. The SMILES string of the molecule is [B]/C(=C(/C=C/c1ccccc1)c1ccccc1)c1ccc(/C([B])=C(\C=C\c2ccccc2)c2ccccc2)cc1. The molecule has 0 fully saturated rings. The predicted molar refractivity (Wildman–Crippen MR) is 175 cm³/mol. The van der Waals surface area contributed by atoms with Gasteiger partial charge >= 0.3 is 0 Å². The van der Waals surface area contributed by atoms with Crippen LogP contribution in [0, 0.1) is 0 Å². The van der Waals surface area contributed by atoms with Gasteiger partial charge in [0, 0.05) is 0 Å². The van der Waals surface area contributed by atoms with E-state index in [1.807, 2.05) is 97.1 Å². The summed E-state index contributed by atoms with van der Waals surface area (Å²) in [5, 5.41) is 0. The maximum atomic E-state index is 6.80. The molecule has 0 aliphatic heterocycles. The Morgan fingerprint density at radius 2 is 0.650 bits per heavy atom. The lowest BCUT2D eigenvalue weighted by Gasteiger charge is -2.14. The summed E-state index contributed by atoms with van der Waals surface area (Å²) in [5.74, 6) is 0. The Hall–Kier alpha value is -4.81. The summed E-state index contributed by atoms with van der Waals surface area (Å²) >= 11 is 0. The molecule has 0 amide bonds. The normalized spacial score (nSPS) is 12.8. The van der Waals surface area contributed by atoms with Crippen LogP contribution in [0.4, 0.5) is 0 Å². The van der Waals surface area contributed by atoms with Gasteiger partial charge in [-0.15, -0.1) is 0 Å². The van der Waals surface area contributed by atoms with Crippen LogP contribution < -0.4 is 0 Å². The highest BCUT2D eigenvalue weighted by Crippen LogP contribution is 2.30. The number of hydrogen-bond donors (Lipinski definition) is 0. The highest BCUT2D eigenvalue weighted by atomic mass is 14.1. The highest BCUT2D eigenvalue weighted by Gasteiger charge is 2.08. The number of allylic oxidation sites excluding steroid dienone is 4. The molecule has 0 saturated carbocycles. The summed E-state index contributed by atoms with van der Waals surface area (Å²) in [6, 6.07) is 49.1. The van der Waals surface area contributed by atoms with Gasteiger partial charge < -0.3 is 0 Å². The third-order valence-corrected chi connectivity index (χ3v) is 6.74. The van der Waals surface area contributed by atoms with Crippen molar-refractivity contribution < 1.29 is 0 Å². The largest absolute Gasteiger partial charge is 0.115 e. The zero-order valence-corrected chi connectivity index (χ0v) is 22.3. The lowest BCUT2D eigenvalue weighted by atomic mass is 9.78. The van der Waals surface area contributed by atoms with Crippen molar-refractivity contribution in [3.8, 4) is 0 Å². The molecule has 0 nitrogen and oxygen atoms in total. The zero-order valence-electron chi connectivity index (χ0n) is 22.3. The van der Waals surface area contributed by atoms with Gasteiger partial charge in [-0.2, -0.15) is 0 Å². The average molecular weight is 506 g/mol. The molecule has 0 aromatic heterocycles. The van der Waals surface area contributed by atoms with Crippen molar-refractivity contribution in [2.45, 2.75) is 0 Å². The second kappa shape index (κ2) is 13.3. The fourth-order valence-corrected chi connectivity index (χ4v) is 4.55. The van der Waals surface area contributed by atoms with Gasteiger partial charge in [0.1, 0.15) is 15.7 Å². The second-order valence-corrected chi connectivity index (χ2v) is 9.45. The highest BCUT2D eigenvalue weighted by molar-refractivity contribution is 6.48. The first-order valence-electron chi connectivity index (χ1n) is 13.4. The Labute approximate surface area is 240 Å². The van der Waals surface area contributed by atoms with Crippen LogP contribution in [-0.2, 0) is 0 Å². The van der Waals surface area contributed by atoms with Crippen LogP contribution in [0.3, 0.4) is 0 Å². The van der Waals surface area contributed by atoms with Crippen molar-refractivity contribution in [1.29, 1.82) is 0 Å². The Balaban J connectivity index is 1.52. The van der Waals surface area contributed by atoms with Crippen LogP contribution in [-0.4, -0.2) is 15.7 Å². The van der Waals surface area contributed by atoms with Gasteiger partial charge in [0.2, 0.25) is 0 Å². The van der Waals surface area contributed by atoms with Crippen LogP contribution in [0.15, 0.2) is 158 Å². The van der Waals surface area contributed by atoms with E-state index < -0.39 is 0 Å². The quantitative estimate of drug-likeness (QED) is 0.112. The summed E-state index contributed by atoms with van der Waals surface area (Å²) < 4.78 is 0. The van der Waals surface area contributed by atoms with Crippen LogP contribution >= 0.6 is 0 Å². The molecule has 40 heavy (non-hydrogen) atoms. The minimum atomic E-state index is 0.708. The molecular formula is C38H28B2. The molecule has 5 rings (SSSR count). The van der Waals surface area contributed by atoms with Crippen molar-refractivity contribution in [1.82, 2.24) is 0 Å². The Morgan fingerprint density at radius 3 is 0.975 bits per heavy atom. The molecule has 0 bridgehead atoms. The second-order valence-electron chi connectivity index (χ2n) is 9.45. The smallest absolute Gasteiger partial charge is 0.0819 e. The third-order valence-electron chi connectivity index (χ3n) is 6.74. The fraction of sp³-hybridized carbons (Fsp3) is 0. The van der Waals surface area contributed by atoms with Gasteiger partial charge in [-0.25, -0.2) is 0 Å². The van der Waals surface area contributed by atoms with Crippen LogP contribution in [0.25, 0.3) is 34.2 Å². The van der Waals surface area contributed by atoms with E-state index in [2.05, 4.69) is 72.8 Å². The zero-order chi connectivity index (χ0) is 27.6. The molecule has 0 N–H and O–H groups in total. The van der Waals surface area contributed by atoms with Gasteiger partial charge in [0.25, 0.3) is 0 Å². The van der Waals surface area contributed by atoms with E-state index in [-0.39, 0.29) is 0 Å². The molecule has 5 aromatic rings. The summed E-state index contributed by atoms with van der Waals surface area (Å²) in [7, 11) is 13.6. The molecule has 5 aromatic carbocycles. The molecular weight excluding hydrogens is 478 g/mol. The topological polar surface area (TPSA) is 0 Å². The molecule has 186 valence electrons. The Morgan fingerprint density at radius 1 is 0.350 bits per heavy atom. The van der Waals surface area contributed by atoms with Crippen molar-refractivity contribution >= 4 is 49.9 Å². The van der Waals surface area contributed by atoms with E-state index in [0.29, 0.717) is 10.9 Å². The molecule has 0 aliphatic rings. The van der Waals surface area contributed by atoms with Gasteiger partial charge in [-0.05, 0) is 44.5 Å². The third kappa shape index (κ3) is 6.79. The molecule has 0 saturated heterocycles. The summed E-state index contributed by atoms with van der Waals surface area (Å²) in [5.41, 5.74) is 9.60. The maximum absolute atomic E-state index is 6.80. The monoisotopic (exact) mass is 506 g/mol. The first-order chi connectivity index (χ1) is 19.7. The van der Waals surface area contributed by atoms with E-state index in [4.69, 9.17) is 15.7 Å². The molecule has 2 heteroatoms. The van der Waals surface area contributed by atoms with Crippen LogP contribution in [0.2, 0.25) is 0 Å². The molecule has 4 radical (unpaired) electrons. The fourth-order valence-electron chi connectivity index (χ4n) is 4.55. The standard InChI is InChI=1S/C38H28B2/c39-37(35(31-17-9-3-10-18-31)27-21-29-13-5-1-6-14-29)33-23-25-34(26-24-33)38(40)36(32-19-11-4-12-20-32)28-22-30-15-7-2-8-16-30/h1-28H/b27-21+,28-22+,37-35-,38-36-. The minimum Gasteiger partial charge on any atom is -0.0819 e. The summed E-state index contributed by atoms with van der Waals surface area (Å²) in [4.78, 5) is 0.